The smallest absolute Gasteiger partial charge is 0.289 e. The summed E-state index contributed by atoms with van der Waals surface area (Å²) >= 11 is 0. The largest absolute Gasteiger partial charge is 0.456 e. The van der Waals surface area contributed by atoms with Crippen molar-refractivity contribution in [3.8, 4) is 0 Å². The first-order chi connectivity index (χ1) is 12.4. The molecule has 0 radical (unpaired) electrons. The van der Waals surface area contributed by atoms with E-state index in [0.29, 0.717) is 37.6 Å². The summed E-state index contributed by atoms with van der Waals surface area (Å²) in [5.74, 6) is 1.83. The van der Waals surface area contributed by atoms with Gasteiger partial charge in [0.25, 0.3) is 5.91 Å². The van der Waals surface area contributed by atoms with Gasteiger partial charge in [0.15, 0.2) is 11.5 Å². The van der Waals surface area contributed by atoms with Crippen LogP contribution in [0.3, 0.4) is 0 Å². The quantitative estimate of drug-likeness (QED) is 0.743. The second-order valence-electron chi connectivity index (χ2n) is 7.64. The Labute approximate surface area is 155 Å². The average Bonchev–Trinajstić information content (AvgIpc) is 3.07. The summed E-state index contributed by atoms with van der Waals surface area (Å²) in [6.07, 6.45) is 2.44. The van der Waals surface area contributed by atoms with Gasteiger partial charge in [0, 0.05) is 24.6 Å². The average molecular weight is 353 g/mol. The molecule has 0 spiro atoms. The number of piperidine rings is 1. The summed E-state index contributed by atoms with van der Waals surface area (Å²) in [6, 6.07) is 11.5. The highest BCUT2D eigenvalue weighted by molar-refractivity contribution is 5.98. The molecular formula is C22H27NO3. The molecule has 0 aliphatic carbocycles. The highest BCUT2D eigenvalue weighted by atomic mass is 16.3. The normalized spacial score (nSPS) is 15.5. The van der Waals surface area contributed by atoms with Crippen molar-refractivity contribution in [2.75, 3.05) is 13.1 Å². The molecule has 3 rings (SSSR count). The lowest BCUT2D eigenvalue weighted by Crippen LogP contribution is -2.40. The molecule has 138 valence electrons. The summed E-state index contributed by atoms with van der Waals surface area (Å²) in [5.41, 5.74) is 2.05. The van der Waals surface area contributed by atoms with Crippen LogP contribution in [-0.2, 0) is 6.42 Å². The summed E-state index contributed by atoms with van der Waals surface area (Å²) in [6.45, 7) is 7.41. The molecule has 0 atom stereocenters. The molecule has 2 aromatic rings. The highest BCUT2D eigenvalue weighted by Crippen LogP contribution is 2.24. The SMILES string of the molecule is Cc1ccc(C(=O)N2CCC(C(=O)c3ccc(CC(C)C)cc3)CC2)o1. The first-order valence-electron chi connectivity index (χ1n) is 9.43. The third-order valence-corrected chi connectivity index (χ3v) is 4.99. The molecule has 0 bridgehead atoms. The van der Waals surface area contributed by atoms with Crippen LogP contribution in [0.1, 0.15) is 58.9 Å². The molecule has 1 fully saturated rings. The van der Waals surface area contributed by atoms with Crippen molar-refractivity contribution < 1.29 is 14.0 Å². The van der Waals surface area contributed by atoms with Crippen LogP contribution in [0, 0.1) is 18.8 Å². The molecule has 1 saturated heterocycles. The number of nitrogens with zero attached hydrogens (tertiary/aromatic N) is 1. The highest BCUT2D eigenvalue weighted by Gasteiger charge is 2.29. The van der Waals surface area contributed by atoms with Crippen LogP contribution in [0.4, 0.5) is 0 Å². The van der Waals surface area contributed by atoms with Gasteiger partial charge in [-0.15, -0.1) is 0 Å². The summed E-state index contributed by atoms with van der Waals surface area (Å²) in [5, 5.41) is 0. The van der Waals surface area contributed by atoms with Gasteiger partial charge in [0.2, 0.25) is 0 Å². The van der Waals surface area contributed by atoms with E-state index in [1.807, 2.05) is 19.1 Å². The molecule has 0 unspecified atom stereocenters. The van der Waals surface area contributed by atoms with Crippen molar-refractivity contribution in [2.24, 2.45) is 11.8 Å². The van der Waals surface area contributed by atoms with E-state index in [1.165, 1.54) is 5.56 Å². The molecule has 1 aromatic heterocycles. The van der Waals surface area contributed by atoms with E-state index in [-0.39, 0.29) is 17.6 Å². The summed E-state index contributed by atoms with van der Waals surface area (Å²) in [4.78, 5) is 27.0. The minimum atomic E-state index is -0.0814. The number of ketones is 1. The molecule has 4 heteroatoms. The Hall–Kier alpha value is -2.36. The lowest BCUT2D eigenvalue weighted by atomic mass is 9.88. The topological polar surface area (TPSA) is 50.5 Å². The van der Waals surface area contributed by atoms with Gasteiger partial charge in [-0.05, 0) is 49.8 Å². The van der Waals surface area contributed by atoms with Crippen LogP contribution < -0.4 is 0 Å². The first-order valence-corrected chi connectivity index (χ1v) is 9.43. The Bertz CT molecular complexity index is 765. The van der Waals surface area contributed by atoms with Gasteiger partial charge in [-0.3, -0.25) is 9.59 Å². The van der Waals surface area contributed by atoms with Gasteiger partial charge in [0.1, 0.15) is 5.76 Å². The molecular weight excluding hydrogens is 326 g/mol. The fourth-order valence-electron chi connectivity index (χ4n) is 3.56. The van der Waals surface area contributed by atoms with E-state index < -0.39 is 0 Å². The van der Waals surface area contributed by atoms with Crippen molar-refractivity contribution in [1.29, 1.82) is 0 Å². The van der Waals surface area contributed by atoms with E-state index in [1.54, 1.807) is 17.0 Å². The molecule has 1 aliphatic heterocycles. The molecule has 4 nitrogen and oxygen atoms in total. The molecule has 1 amide bonds. The number of carbonyl (C=O) groups is 2. The maximum absolute atomic E-state index is 12.8. The summed E-state index contributed by atoms with van der Waals surface area (Å²) in [7, 11) is 0. The van der Waals surface area contributed by atoms with Crippen LogP contribution in [-0.4, -0.2) is 29.7 Å². The fourth-order valence-corrected chi connectivity index (χ4v) is 3.56. The second-order valence-corrected chi connectivity index (χ2v) is 7.64. The minimum Gasteiger partial charge on any atom is -0.456 e. The lowest BCUT2D eigenvalue weighted by molar-refractivity contribution is 0.0623. The van der Waals surface area contributed by atoms with Gasteiger partial charge in [0.05, 0.1) is 0 Å². The Balaban J connectivity index is 1.57. The van der Waals surface area contributed by atoms with E-state index in [0.717, 1.165) is 17.7 Å². The number of rotatable bonds is 5. The number of hydrogen-bond donors (Lipinski definition) is 0. The fraction of sp³-hybridized carbons (Fsp3) is 0.455. The van der Waals surface area contributed by atoms with Gasteiger partial charge in [-0.1, -0.05) is 38.1 Å². The van der Waals surface area contributed by atoms with Crippen LogP contribution in [0.15, 0.2) is 40.8 Å². The summed E-state index contributed by atoms with van der Waals surface area (Å²) < 4.78 is 5.42. The van der Waals surface area contributed by atoms with Gasteiger partial charge in [-0.2, -0.15) is 0 Å². The maximum atomic E-state index is 12.8. The van der Waals surface area contributed by atoms with Crippen molar-refractivity contribution in [3.63, 3.8) is 0 Å². The third-order valence-electron chi connectivity index (χ3n) is 4.99. The van der Waals surface area contributed by atoms with Crippen LogP contribution in [0.2, 0.25) is 0 Å². The molecule has 26 heavy (non-hydrogen) atoms. The Morgan fingerprint density at radius 1 is 1.08 bits per heavy atom. The van der Waals surface area contributed by atoms with Crippen LogP contribution in [0.25, 0.3) is 0 Å². The van der Waals surface area contributed by atoms with E-state index in [2.05, 4.69) is 26.0 Å². The second kappa shape index (κ2) is 7.90. The number of carbonyl (C=O) groups excluding carboxylic acids is 2. The van der Waals surface area contributed by atoms with Crippen molar-refractivity contribution >= 4 is 11.7 Å². The number of aryl methyl sites for hydroxylation is 1. The number of amides is 1. The zero-order chi connectivity index (χ0) is 18.7. The van der Waals surface area contributed by atoms with Crippen molar-refractivity contribution in [1.82, 2.24) is 4.90 Å². The molecule has 0 saturated carbocycles. The van der Waals surface area contributed by atoms with Crippen LogP contribution in [0.5, 0.6) is 0 Å². The first kappa shape index (κ1) is 18.4. The predicted octanol–water partition coefficient (Wildman–Crippen LogP) is 4.52. The maximum Gasteiger partial charge on any atom is 0.289 e. The number of hydrogen-bond acceptors (Lipinski definition) is 3. The van der Waals surface area contributed by atoms with E-state index in [4.69, 9.17) is 4.42 Å². The van der Waals surface area contributed by atoms with E-state index >= 15 is 0 Å². The number of likely N-dealkylation sites (tertiary alicyclic amines) is 1. The zero-order valence-corrected chi connectivity index (χ0v) is 15.8. The van der Waals surface area contributed by atoms with Gasteiger partial charge in [-0.25, -0.2) is 0 Å². The number of furan rings is 1. The third kappa shape index (κ3) is 4.24. The molecule has 2 heterocycles. The minimum absolute atomic E-state index is 0.00617. The molecule has 1 aliphatic rings. The number of Topliss-reactive ketones (excluding diaryl/α,β-unsaturated/α-hetero) is 1. The standard InChI is InChI=1S/C22H27NO3/c1-15(2)14-17-5-7-18(8-6-17)21(24)19-10-12-23(13-11-19)22(25)20-9-4-16(3)26-20/h4-9,15,19H,10-14H2,1-3H3. The van der Waals surface area contributed by atoms with Crippen LogP contribution >= 0.6 is 0 Å². The van der Waals surface area contributed by atoms with Gasteiger partial charge >= 0.3 is 0 Å². The Morgan fingerprint density at radius 2 is 1.73 bits per heavy atom. The monoisotopic (exact) mass is 353 g/mol. The van der Waals surface area contributed by atoms with Crippen molar-refractivity contribution in [3.05, 3.63) is 59.0 Å². The Kier molecular flexibility index (Phi) is 5.60. The molecule has 0 N–H and O–H groups in total. The number of benzene rings is 1. The lowest BCUT2D eigenvalue weighted by Gasteiger charge is -2.30. The van der Waals surface area contributed by atoms with Gasteiger partial charge < -0.3 is 9.32 Å². The molecule has 1 aromatic carbocycles. The predicted molar refractivity (Wildman–Crippen MR) is 101 cm³/mol. The van der Waals surface area contributed by atoms with E-state index in [9.17, 15) is 9.59 Å². The zero-order valence-electron chi connectivity index (χ0n) is 15.8. The van der Waals surface area contributed by atoms with Crippen molar-refractivity contribution in [2.45, 2.75) is 40.0 Å². The Morgan fingerprint density at radius 3 is 2.27 bits per heavy atom.